The third-order valence-corrected chi connectivity index (χ3v) is 4.17. The zero-order chi connectivity index (χ0) is 16.8. The van der Waals surface area contributed by atoms with Gasteiger partial charge < -0.3 is 19.3 Å². The van der Waals surface area contributed by atoms with Gasteiger partial charge in [-0.1, -0.05) is 0 Å². The van der Waals surface area contributed by atoms with E-state index in [4.69, 9.17) is 8.83 Å². The van der Waals surface area contributed by atoms with Gasteiger partial charge in [-0.25, -0.2) is 0 Å². The van der Waals surface area contributed by atoms with Gasteiger partial charge >= 0.3 is 0 Å². The highest BCUT2D eigenvalue weighted by molar-refractivity contribution is 5.77. The van der Waals surface area contributed by atoms with Gasteiger partial charge in [0.05, 0.1) is 25.6 Å². The van der Waals surface area contributed by atoms with Crippen molar-refractivity contribution in [1.82, 2.24) is 15.1 Å². The quantitative estimate of drug-likeness (QED) is 0.781. The largest absolute Gasteiger partial charge is 0.467 e. The van der Waals surface area contributed by atoms with Gasteiger partial charge in [0, 0.05) is 32.7 Å². The first-order valence-corrected chi connectivity index (χ1v) is 8.16. The molecule has 7 nitrogen and oxygen atoms in total. The molecule has 1 aliphatic heterocycles. The molecule has 0 saturated carbocycles. The standard InChI is InChI=1S/C17H23N3O4/c21-15(16-4-2-10-24-16)12-19-5-7-20(8-6-19)13-17(22)18-11-14-3-1-9-23-14/h1-4,9-10,15,21H,5-8,11-13H2,(H,18,22)/t15-/m1/s1. The lowest BCUT2D eigenvalue weighted by Crippen LogP contribution is -2.50. The van der Waals surface area contributed by atoms with Crippen LogP contribution in [0.1, 0.15) is 17.6 Å². The Hall–Kier alpha value is -2.09. The van der Waals surface area contributed by atoms with Crippen LogP contribution in [-0.4, -0.2) is 60.1 Å². The number of aliphatic hydroxyl groups excluding tert-OH is 1. The molecule has 0 unspecified atom stereocenters. The molecular formula is C17H23N3O4. The van der Waals surface area contributed by atoms with Crippen molar-refractivity contribution in [2.45, 2.75) is 12.6 Å². The van der Waals surface area contributed by atoms with Crippen molar-refractivity contribution in [3.63, 3.8) is 0 Å². The van der Waals surface area contributed by atoms with Gasteiger partial charge in [0.25, 0.3) is 0 Å². The van der Waals surface area contributed by atoms with E-state index in [2.05, 4.69) is 15.1 Å². The third-order valence-electron chi connectivity index (χ3n) is 4.17. The van der Waals surface area contributed by atoms with E-state index >= 15 is 0 Å². The van der Waals surface area contributed by atoms with Crippen LogP contribution in [0.25, 0.3) is 0 Å². The van der Waals surface area contributed by atoms with Crippen LogP contribution >= 0.6 is 0 Å². The number of aliphatic hydroxyl groups is 1. The molecule has 130 valence electrons. The second-order valence-electron chi connectivity index (χ2n) is 5.96. The van der Waals surface area contributed by atoms with Crippen molar-refractivity contribution in [2.24, 2.45) is 0 Å². The number of carbonyl (C=O) groups excluding carboxylic acids is 1. The number of hydrogen-bond donors (Lipinski definition) is 2. The molecular weight excluding hydrogens is 310 g/mol. The Balaban J connectivity index is 1.35. The summed E-state index contributed by atoms with van der Waals surface area (Å²) in [6.07, 6.45) is 2.55. The molecule has 7 heteroatoms. The van der Waals surface area contributed by atoms with Crippen LogP contribution in [0.15, 0.2) is 45.6 Å². The summed E-state index contributed by atoms with van der Waals surface area (Å²) in [4.78, 5) is 16.3. The Morgan fingerprint density at radius 1 is 1.12 bits per heavy atom. The lowest BCUT2D eigenvalue weighted by molar-refractivity contribution is -0.123. The van der Waals surface area contributed by atoms with E-state index in [1.165, 1.54) is 0 Å². The van der Waals surface area contributed by atoms with Crippen LogP contribution in [0.2, 0.25) is 0 Å². The predicted octanol–water partition coefficient (Wildman–Crippen LogP) is 0.840. The van der Waals surface area contributed by atoms with Gasteiger partial charge in [0.2, 0.25) is 5.91 Å². The van der Waals surface area contributed by atoms with E-state index in [0.717, 1.165) is 31.9 Å². The van der Waals surface area contributed by atoms with Crippen molar-refractivity contribution in [3.05, 3.63) is 48.3 Å². The molecule has 3 heterocycles. The number of rotatable bonds is 7. The fourth-order valence-corrected chi connectivity index (χ4v) is 2.80. The van der Waals surface area contributed by atoms with Gasteiger partial charge in [-0.2, -0.15) is 0 Å². The Morgan fingerprint density at radius 3 is 2.50 bits per heavy atom. The van der Waals surface area contributed by atoms with Crippen LogP contribution in [0.3, 0.4) is 0 Å². The number of carbonyl (C=O) groups is 1. The van der Waals surface area contributed by atoms with E-state index in [0.29, 0.717) is 25.4 Å². The number of nitrogens with zero attached hydrogens (tertiary/aromatic N) is 2. The van der Waals surface area contributed by atoms with Crippen LogP contribution in [0.4, 0.5) is 0 Å². The topological polar surface area (TPSA) is 82.1 Å². The fraction of sp³-hybridized carbons (Fsp3) is 0.471. The van der Waals surface area contributed by atoms with Gasteiger partial charge in [-0.15, -0.1) is 0 Å². The summed E-state index contributed by atoms with van der Waals surface area (Å²) in [5.74, 6) is 1.34. The first-order chi connectivity index (χ1) is 11.7. The maximum Gasteiger partial charge on any atom is 0.234 e. The van der Waals surface area contributed by atoms with Crippen LogP contribution in [0, 0.1) is 0 Å². The highest BCUT2D eigenvalue weighted by Gasteiger charge is 2.22. The van der Waals surface area contributed by atoms with Crippen molar-refractivity contribution >= 4 is 5.91 Å². The zero-order valence-electron chi connectivity index (χ0n) is 13.6. The number of amides is 1. The smallest absolute Gasteiger partial charge is 0.234 e. The normalized spacial score (nSPS) is 17.7. The summed E-state index contributed by atoms with van der Waals surface area (Å²) in [5, 5.41) is 13.0. The zero-order valence-corrected chi connectivity index (χ0v) is 13.6. The predicted molar refractivity (Wildman–Crippen MR) is 87.1 cm³/mol. The van der Waals surface area contributed by atoms with E-state index in [1.54, 1.807) is 30.7 Å². The molecule has 0 spiro atoms. The minimum absolute atomic E-state index is 0.00419. The molecule has 1 amide bonds. The van der Waals surface area contributed by atoms with Gasteiger partial charge in [-0.3, -0.25) is 14.6 Å². The third kappa shape index (κ3) is 4.70. The fourth-order valence-electron chi connectivity index (χ4n) is 2.80. The molecule has 0 aliphatic carbocycles. The number of furan rings is 2. The van der Waals surface area contributed by atoms with E-state index in [-0.39, 0.29) is 5.91 Å². The lowest BCUT2D eigenvalue weighted by Gasteiger charge is -2.34. The van der Waals surface area contributed by atoms with Gasteiger partial charge in [-0.05, 0) is 24.3 Å². The van der Waals surface area contributed by atoms with Crippen LogP contribution < -0.4 is 5.32 Å². The summed E-state index contributed by atoms with van der Waals surface area (Å²) in [6, 6.07) is 7.20. The molecule has 0 radical (unpaired) electrons. The molecule has 2 aromatic heterocycles. The minimum Gasteiger partial charge on any atom is -0.467 e. The van der Waals surface area contributed by atoms with E-state index in [9.17, 15) is 9.90 Å². The van der Waals surface area contributed by atoms with Crippen LogP contribution in [0.5, 0.6) is 0 Å². The van der Waals surface area contributed by atoms with Crippen molar-refractivity contribution in [2.75, 3.05) is 39.3 Å². The first kappa shape index (κ1) is 16.8. The molecule has 3 rings (SSSR count). The second kappa shape index (κ2) is 8.14. The molecule has 1 atom stereocenters. The molecule has 2 aromatic rings. The summed E-state index contributed by atoms with van der Waals surface area (Å²) in [6.45, 7) is 4.60. The summed E-state index contributed by atoms with van der Waals surface area (Å²) < 4.78 is 10.4. The number of nitrogens with one attached hydrogen (secondary N) is 1. The molecule has 1 aliphatic rings. The first-order valence-electron chi connectivity index (χ1n) is 8.16. The summed E-state index contributed by atoms with van der Waals surface area (Å²) >= 11 is 0. The molecule has 0 bridgehead atoms. The maximum atomic E-state index is 12.0. The number of hydrogen-bond acceptors (Lipinski definition) is 6. The highest BCUT2D eigenvalue weighted by Crippen LogP contribution is 2.15. The Kier molecular flexibility index (Phi) is 5.68. The number of piperazine rings is 1. The molecule has 24 heavy (non-hydrogen) atoms. The SMILES string of the molecule is O=C(CN1CCN(C[C@@H](O)c2ccco2)CC1)NCc1ccco1. The lowest BCUT2D eigenvalue weighted by atomic mass is 10.2. The number of β-amino-alcohol motifs (C(OH)–C–C–N with tert-alkyl or cyclic N) is 1. The van der Waals surface area contributed by atoms with E-state index < -0.39 is 6.10 Å². The van der Waals surface area contributed by atoms with Gasteiger partial charge in [0.1, 0.15) is 17.6 Å². The molecule has 1 saturated heterocycles. The Morgan fingerprint density at radius 2 is 1.83 bits per heavy atom. The molecule has 0 aromatic carbocycles. The Bertz CT molecular complexity index is 604. The molecule has 1 fully saturated rings. The monoisotopic (exact) mass is 333 g/mol. The van der Waals surface area contributed by atoms with Crippen molar-refractivity contribution in [1.29, 1.82) is 0 Å². The van der Waals surface area contributed by atoms with Crippen LogP contribution in [-0.2, 0) is 11.3 Å². The van der Waals surface area contributed by atoms with Crippen molar-refractivity contribution in [3.8, 4) is 0 Å². The van der Waals surface area contributed by atoms with E-state index in [1.807, 2.05) is 6.07 Å². The average Bonchev–Trinajstić information content (AvgIpc) is 3.28. The molecule has 2 N–H and O–H groups in total. The maximum absolute atomic E-state index is 12.0. The highest BCUT2D eigenvalue weighted by atomic mass is 16.4. The average molecular weight is 333 g/mol. The second-order valence-corrected chi connectivity index (χ2v) is 5.96. The van der Waals surface area contributed by atoms with Crippen molar-refractivity contribution < 1.29 is 18.7 Å². The Labute approximate surface area is 140 Å². The summed E-state index contributed by atoms with van der Waals surface area (Å²) in [7, 11) is 0. The summed E-state index contributed by atoms with van der Waals surface area (Å²) in [5.41, 5.74) is 0. The van der Waals surface area contributed by atoms with Gasteiger partial charge in [0.15, 0.2) is 0 Å². The minimum atomic E-state index is -0.608.